The van der Waals surface area contributed by atoms with Crippen LogP contribution in [0.5, 0.6) is 5.75 Å². The number of rotatable bonds is 2. The lowest BCUT2D eigenvalue weighted by atomic mass is 9.91. The quantitative estimate of drug-likeness (QED) is 0.576. The van der Waals surface area contributed by atoms with Gasteiger partial charge in [-0.2, -0.15) is 10.3 Å². The van der Waals surface area contributed by atoms with Crippen LogP contribution in [0.15, 0.2) is 35.3 Å². The fourth-order valence-corrected chi connectivity index (χ4v) is 2.23. The van der Waals surface area contributed by atoms with Crippen molar-refractivity contribution in [1.29, 1.82) is 5.26 Å². The summed E-state index contributed by atoms with van der Waals surface area (Å²) in [5.41, 5.74) is 10.8. The van der Waals surface area contributed by atoms with Crippen LogP contribution in [0.4, 0.5) is 4.39 Å². The smallest absolute Gasteiger partial charge is 0.284 e. The fraction of sp³-hybridized carbons (Fsp3) is 0.0625. The minimum Gasteiger partial charge on any atom is -0.507 e. The van der Waals surface area contributed by atoms with E-state index in [0.29, 0.717) is 5.56 Å². The number of amides is 1. The number of nitriles is 1. The van der Waals surface area contributed by atoms with E-state index >= 15 is 0 Å². The van der Waals surface area contributed by atoms with E-state index in [-0.39, 0.29) is 22.3 Å². The topological polar surface area (TPSA) is 125 Å². The number of phenols is 1. The van der Waals surface area contributed by atoms with E-state index in [2.05, 4.69) is 4.99 Å². The molecule has 2 aromatic carbocycles. The normalized spacial score (nSPS) is 9.96. The molecule has 6 nitrogen and oxygen atoms in total. The molecule has 2 aromatic rings. The number of benzene rings is 2. The van der Waals surface area contributed by atoms with Gasteiger partial charge in [-0.3, -0.25) is 4.79 Å². The Bertz CT molecular complexity index is 865. The standard InChI is InChI=1S/C16H13FN4O2/c1-8-10(3-2-4-11(8)17)13-9(7-18)5-6-12(22)14(13)15(23)21-16(19)20/h2-6,22H,1H3,(H4,19,20,21,23). The van der Waals surface area contributed by atoms with E-state index in [1.54, 1.807) is 6.07 Å². The Labute approximate surface area is 131 Å². The third-order valence-corrected chi connectivity index (χ3v) is 3.29. The summed E-state index contributed by atoms with van der Waals surface area (Å²) in [6.07, 6.45) is 0. The molecule has 0 aliphatic heterocycles. The summed E-state index contributed by atoms with van der Waals surface area (Å²) in [5, 5.41) is 19.3. The third-order valence-electron chi connectivity index (χ3n) is 3.29. The van der Waals surface area contributed by atoms with Crippen molar-refractivity contribution in [3.63, 3.8) is 0 Å². The van der Waals surface area contributed by atoms with E-state index < -0.39 is 23.4 Å². The summed E-state index contributed by atoms with van der Waals surface area (Å²) < 4.78 is 13.8. The minimum absolute atomic E-state index is 0.0829. The lowest BCUT2D eigenvalue weighted by Crippen LogP contribution is -2.24. The molecule has 0 fully saturated rings. The maximum atomic E-state index is 13.8. The number of hydrogen-bond acceptors (Lipinski definition) is 3. The first-order valence-electron chi connectivity index (χ1n) is 6.52. The summed E-state index contributed by atoms with van der Waals surface area (Å²) in [5.74, 6) is -2.32. The number of phenolic OH excluding ortho intramolecular Hbond substituents is 1. The summed E-state index contributed by atoms with van der Waals surface area (Å²) in [6.45, 7) is 1.50. The second-order valence-corrected chi connectivity index (χ2v) is 4.75. The summed E-state index contributed by atoms with van der Waals surface area (Å²) in [6, 6.07) is 8.68. The maximum absolute atomic E-state index is 13.8. The van der Waals surface area contributed by atoms with Crippen molar-refractivity contribution in [2.45, 2.75) is 6.92 Å². The van der Waals surface area contributed by atoms with Gasteiger partial charge in [0.05, 0.1) is 17.2 Å². The van der Waals surface area contributed by atoms with Crippen molar-refractivity contribution in [3.8, 4) is 22.9 Å². The molecule has 0 heterocycles. The monoisotopic (exact) mass is 312 g/mol. The van der Waals surface area contributed by atoms with Crippen LogP contribution in [0.25, 0.3) is 11.1 Å². The molecular weight excluding hydrogens is 299 g/mol. The van der Waals surface area contributed by atoms with Gasteiger partial charge < -0.3 is 16.6 Å². The molecule has 0 radical (unpaired) electrons. The van der Waals surface area contributed by atoms with E-state index in [1.807, 2.05) is 6.07 Å². The first kappa shape index (κ1) is 16.0. The Morgan fingerprint density at radius 2 is 2.00 bits per heavy atom. The number of carbonyl (C=O) groups is 1. The highest BCUT2D eigenvalue weighted by atomic mass is 19.1. The number of nitrogens with two attached hydrogens (primary N) is 2. The van der Waals surface area contributed by atoms with Crippen molar-refractivity contribution >= 4 is 11.9 Å². The highest BCUT2D eigenvalue weighted by molar-refractivity contribution is 6.09. The van der Waals surface area contributed by atoms with Crippen molar-refractivity contribution in [3.05, 3.63) is 52.8 Å². The van der Waals surface area contributed by atoms with Gasteiger partial charge in [-0.15, -0.1) is 0 Å². The summed E-state index contributed by atoms with van der Waals surface area (Å²) in [7, 11) is 0. The summed E-state index contributed by atoms with van der Waals surface area (Å²) in [4.78, 5) is 15.6. The van der Waals surface area contributed by atoms with Crippen molar-refractivity contribution in [1.82, 2.24) is 0 Å². The van der Waals surface area contributed by atoms with E-state index in [1.165, 1.54) is 31.2 Å². The molecule has 0 aromatic heterocycles. The van der Waals surface area contributed by atoms with Crippen LogP contribution >= 0.6 is 0 Å². The number of aliphatic imine (C=N–C) groups is 1. The van der Waals surface area contributed by atoms with Gasteiger partial charge in [-0.05, 0) is 36.2 Å². The van der Waals surface area contributed by atoms with Crippen LogP contribution in [0.2, 0.25) is 0 Å². The van der Waals surface area contributed by atoms with E-state index in [9.17, 15) is 19.6 Å². The molecule has 7 heteroatoms. The Kier molecular flexibility index (Phi) is 4.27. The van der Waals surface area contributed by atoms with Gasteiger partial charge in [0.2, 0.25) is 0 Å². The zero-order valence-corrected chi connectivity index (χ0v) is 12.2. The zero-order chi connectivity index (χ0) is 17.1. The Hall–Kier alpha value is -3.40. The molecule has 2 rings (SSSR count). The highest BCUT2D eigenvalue weighted by Crippen LogP contribution is 2.36. The van der Waals surface area contributed by atoms with Crippen LogP contribution in [-0.2, 0) is 0 Å². The molecule has 5 N–H and O–H groups in total. The van der Waals surface area contributed by atoms with E-state index in [4.69, 9.17) is 11.5 Å². The van der Waals surface area contributed by atoms with Crippen LogP contribution in [0.3, 0.4) is 0 Å². The zero-order valence-electron chi connectivity index (χ0n) is 12.2. The van der Waals surface area contributed by atoms with Gasteiger partial charge in [0, 0.05) is 5.56 Å². The molecule has 23 heavy (non-hydrogen) atoms. The van der Waals surface area contributed by atoms with Gasteiger partial charge in [0.1, 0.15) is 11.6 Å². The largest absolute Gasteiger partial charge is 0.507 e. The minimum atomic E-state index is -0.918. The maximum Gasteiger partial charge on any atom is 0.284 e. The molecule has 0 saturated carbocycles. The van der Waals surface area contributed by atoms with Crippen LogP contribution < -0.4 is 11.5 Å². The van der Waals surface area contributed by atoms with Gasteiger partial charge in [-0.25, -0.2) is 4.39 Å². The second kappa shape index (κ2) is 6.15. The number of nitrogens with zero attached hydrogens (tertiary/aromatic N) is 2. The molecule has 0 saturated heterocycles. The number of guanidine groups is 1. The molecule has 0 aliphatic carbocycles. The van der Waals surface area contributed by atoms with Gasteiger partial charge in [-0.1, -0.05) is 12.1 Å². The first-order valence-corrected chi connectivity index (χ1v) is 6.52. The number of aromatic hydroxyl groups is 1. The lowest BCUT2D eigenvalue weighted by molar-refractivity contribution is 0.100. The van der Waals surface area contributed by atoms with Gasteiger partial charge in [0.25, 0.3) is 5.91 Å². The fourth-order valence-electron chi connectivity index (χ4n) is 2.23. The molecule has 0 aliphatic rings. The SMILES string of the molecule is Cc1c(F)cccc1-c1c(C#N)ccc(O)c1C(=O)N=C(N)N. The number of hydrogen-bond donors (Lipinski definition) is 3. The van der Waals surface area contributed by atoms with Crippen molar-refractivity contribution in [2.75, 3.05) is 0 Å². The average molecular weight is 312 g/mol. The average Bonchev–Trinajstić information content (AvgIpc) is 2.49. The molecule has 0 unspecified atom stereocenters. The predicted octanol–water partition coefficient (Wildman–Crippen LogP) is 1.79. The number of carbonyl (C=O) groups excluding carboxylic acids is 1. The molecule has 1 amide bonds. The third kappa shape index (κ3) is 2.96. The number of halogens is 1. The molecule has 0 spiro atoms. The van der Waals surface area contributed by atoms with Crippen LogP contribution in [0, 0.1) is 24.1 Å². The first-order chi connectivity index (χ1) is 10.9. The molecule has 0 bridgehead atoms. The second-order valence-electron chi connectivity index (χ2n) is 4.75. The highest BCUT2D eigenvalue weighted by Gasteiger charge is 2.23. The van der Waals surface area contributed by atoms with Gasteiger partial charge in [0.15, 0.2) is 5.96 Å². The molecular formula is C16H13FN4O2. The molecule has 0 atom stereocenters. The summed E-state index contributed by atoms with van der Waals surface area (Å²) >= 11 is 0. The van der Waals surface area contributed by atoms with Crippen LogP contribution in [0.1, 0.15) is 21.5 Å². The van der Waals surface area contributed by atoms with Crippen LogP contribution in [-0.4, -0.2) is 17.0 Å². The van der Waals surface area contributed by atoms with Crippen molar-refractivity contribution in [2.24, 2.45) is 16.5 Å². The van der Waals surface area contributed by atoms with Gasteiger partial charge >= 0.3 is 0 Å². The predicted molar refractivity (Wildman–Crippen MR) is 83.1 cm³/mol. The Morgan fingerprint density at radius 3 is 2.61 bits per heavy atom. The van der Waals surface area contributed by atoms with E-state index in [0.717, 1.165) is 0 Å². The Balaban J connectivity index is 2.88. The Morgan fingerprint density at radius 1 is 1.30 bits per heavy atom. The lowest BCUT2D eigenvalue weighted by Gasteiger charge is -2.13. The molecule has 116 valence electrons. The van der Waals surface area contributed by atoms with Crippen molar-refractivity contribution < 1.29 is 14.3 Å².